The highest BCUT2D eigenvalue weighted by atomic mass is 16.5. The maximum absolute atomic E-state index is 5.81. The summed E-state index contributed by atoms with van der Waals surface area (Å²) in [4.78, 5) is 2.32. The van der Waals surface area contributed by atoms with Crippen LogP contribution in [0, 0.1) is 0 Å². The molecular weight excluding hydrogens is 224 g/mol. The average molecular weight is 248 g/mol. The number of hydrogen-bond acceptors (Lipinski definition) is 3. The smallest absolute Gasteiger partial charge is 0.0749 e. The van der Waals surface area contributed by atoms with Crippen LogP contribution in [0.5, 0.6) is 0 Å². The molecule has 1 aliphatic heterocycles. The second-order valence-electron chi connectivity index (χ2n) is 5.03. The molecular formula is C15H24N2O. The number of likely N-dealkylation sites (N-methyl/N-ethyl adjacent to an activating group) is 1. The standard InChI is InChI=1S/C15H24N2O/c1-16-11-13-7-3-4-9-15(13)17(2)12-14-8-5-6-10-18-14/h3-4,7,9,14,16H,5-6,8,10-12H2,1-2H3. The molecule has 1 unspecified atom stereocenters. The van der Waals surface area contributed by atoms with E-state index in [4.69, 9.17) is 4.74 Å². The number of nitrogens with one attached hydrogen (secondary N) is 1. The molecule has 1 heterocycles. The summed E-state index contributed by atoms with van der Waals surface area (Å²) in [5.74, 6) is 0. The summed E-state index contributed by atoms with van der Waals surface area (Å²) >= 11 is 0. The molecule has 0 bridgehead atoms. The summed E-state index contributed by atoms with van der Waals surface area (Å²) in [5.41, 5.74) is 2.65. The van der Waals surface area contributed by atoms with E-state index < -0.39 is 0 Å². The molecule has 1 aromatic rings. The number of para-hydroxylation sites is 1. The Balaban J connectivity index is 2.00. The Morgan fingerprint density at radius 2 is 2.17 bits per heavy atom. The third-order valence-corrected chi connectivity index (χ3v) is 3.52. The van der Waals surface area contributed by atoms with Crippen LogP contribution in [0.2, 0.25) is 0 Å². The summed E-state index contributed by atoms with van der Waals surface area (Å²) in [6, 6.07) is 8.58. The average Bonchev–Trinajstić information content (AvgIpc) is 2.41. The summed E-state index contributed by atoms with van der Waals surface area (Å²) < 4.78 is 5.81. The zero-order valence-electron chi connectivity index (χ0n) is 11.5. The molecule has 0 amide bonds. The fraction of sp³-hybridized carbons (Fsp3) is 0.600. The van der Waals surface area contributed by atoms with Crippen LogP contribution in [-0.2, 0) is 11.3 Å². The number of nitrogens with zero attached hydrogens (tertiary/aromatic N) is 1. The van der Waals surface area contributed by atoms with E-state index in [1.807, 2.05) is 7.05 Å². The van der Waals surface area contributed by atoms with Gasteiger partial charge >= 0.3 is 0 Å². The van der Waals surface area contributed by atoms with Gasteiger partial charge in [-0.25, -0.2) is 0 Å². The Kier molecular flexibility index (Phi) is 5.02. The number of anilines is 1. The summed E-state index contributed by atoms with van der Waals surface area (Å²) in [6.07, 6.45) is 4.11. The Hall–Kier alpha value is -1.06. The first-order valence-electron chi connectivity index (χ1n) is 6.86. The molecule has 3 nitrogen and oxygen atoms in total. The first kappa shape index (κ1) is 13.4. The van der Waals surface area contributed by atoms with Crippen molar-refractivity contribution in [2.45, 2.75) is 31.9 Å². The van der Waals surface area contributed by atoms with E-state index in [1.165, 1.54) is 30.5 Å². The topological polar surface area (TPSA) is 24.5 Å². The van der Waals surface area contributed by atoms with Gasteiger partial charge in [0.25, 0.3) is 0 Å². The van der Waals surface area contributed by atoms with E-state index in [2.05, 4.69) is 41.5 Å². The van der Waals surface area contributed by atoms with E-state index in [0.717, 1.165) is 19.7 Å². The molecule has 100 valence electrons. The third-order valence-electron chi connectivity index (χ3n) is 3.52. The molecule has 1 aliphatic rings. The highest BCUT2D eigenvalue weighted by molar-refractivity contribution is 5.53. The largest absolute Gasteiger partial charge is 0.376 e. The Labute approximate surface area is 110 Å². The third kappa shape index (κ3) is 3.47. The molecule has 0 aromatic heterocycles. The maximum atomic E-state index is 5.81. The lowest BCUT2D eigenvalue weighted by Crippen LogP contribution is -2.34. The molecule has 3 heteroatoms. The van der Waals surface area contributed by atoms with Gasteiger partial charge in [0.1, 0.15) is 0 Å². The second-order valence-corrected chi connectivity index (χ2v) is 5.03. The lowest BCUT2D eigenvalue weighted by atomic mass is 10.1. The van der Waals surface area contributed by atoms with Crippen molar-refractivity contribution >= 4 is 5.69 Å². The van der Waals surface area contributed by atoms with Gasteiger partial charge in [0, 0.05) is 32.4 Å². The molecule has 0 radical (unpaired) electrons. The van der Waals surface area contributed by atoms with Gasteiger partial charge in [0.05, 0.1) is 6.10 Å². The van der Waals surface area contributed by atoms with Gasteiger partial charge in [0.15, 0.2) is 0 Å². The van der Waals surface area contributed by atoms with Crippen molar-refractivity contribution < 1.29 is 4.74 Å². The molecule has 18 heavy (non-hydrogen) atoms. The van der Waals surface area contributed by atoms with E-state index in [0.29, 0.717) is 6.10 Å². The fourth-order valence-electron chi connectivity index (χ4n) is 2.58. The van der Waals surface area contributed by atoms with E-state index in [1.54, 1.807) is 0 Å². The van der Waals surface area contributed by atoms with Crippen molar-refractivity contribution in [1.82, 2.24) is 5.32 Å². The van der Waals surface area contributed by atoms with Crippen LogP contribution in [0.3, 0.4) is 0 Å². The number of benzene rings is 1. The van der Waals surface area contributed by atoms with Crippen molar-refractivity contribution in [2.75, 3.05) is 32.1 Å². The highest BCUT2D eigenvalue weighted by Crippen LogP contribution is 2.21. The zero-order valence-corrected chi connectivity index (χ0v) is 11.5. The van der Waals surface area contributed by atoms with Gasteiger partial charge in [-0.05, 0) is 37.9 Å². The van der Waals surface area contributed by atoms with Crippen molar-refractivity contribution in [3.05, 3.63) is 29.8 Å². The molecule has 0 aliphatic carbocycles. The zero-order chi connectivity index (χ0) is 12.8. The second kappa shape index (κ2) is 6.76. The van der Waals surface area contributed by atoms with Crippen LogP contribution in [0.1, 0.15) is 24.8 Å². The Bertz CT molecular complexity index is 361. The molecule has 0 saturated carbocycles. The molecule has 1 atom stereocenters. The van der Waals surface area contributed by atoms with Crippen LogP contribution in [0.15, 0.2) is 24.3 Å². The van der Waals surface area contributed by atoms with Crippen molar-refractivity contribution in [2.24, 2.45) is 0 Å². The van der Waals surface area contributed by atoms with E-state index in [9.17, 15) is 0 Å². The van der Waals surface area contributed by atoms with Crippen molar-refractivity contribution in [3.63, 3.8) is 0 Å². The van der Waals surface area contributed by atoms with Gasteiger partial charge in [-0.3, -0.25) is 0 Å². The molecule has 1 N–H and O–H groups in total. The molecule has 2 rings (SSSR count). The number of hydrogen-bond donors (Lipinski definition) is 1. The summed E-state index contributed by atoms with van der Waals surface area (Å²) in [5, 5.41) is 3.22. The quantitative estimate of drug-likeness (QED) is 0.866. The molecule has 1 aromatic carbocycles. The van der Waals surface area contributed by atoms with Gasteiger partial charge < -0.3 is 15.0 Å². The Morgan fingerprint density at radius 3 is 2.89 bits per heavy atom. The van der Waals surface area contributed by atoms with Gasteiger partial charge in [0.2, 0.25) is 0 Å². The summed E-state index contributed by atoms with van der Waals surface area (Å²) in [7, 11) is 4.15. The van der Waals surface area contributed by atoms with Gasteiger partial charge in [-0.2, -0.15) is 0 Å². The van der Waals surface area contributed by atoms with Crippen LogP contribution in [0.25, 0.3) is 0 Å². The van der Waals surface area contributed by atoms with Crippen molar-refractivity contribution in [3.8, 4) is 0 Å². The number of ether oxygens (including phenoxy) is 1. The fourth-order valence-corrected chi connectivity index (χ4v) is 2.58. The van der Waals surface area contributed by atoms with Crippen LogP contribution >= 0.6 is 0 Å². The van der Waals surface area contributed by atoms with E-state index in [-0.39, 0.29) is 0 Å². The van der Waals surface area contributed by atoms with Crippen LogP contribution in [-0.4, -0.2) is 33.4 Å². The first-order chi connectivity index (χ1) is 8.81. The lowest BCUT2D eigenvalue weighted by molar-refractivity contribution is 0.0216. The minimum atomic E-state index is 0.395. The number of rotatable bonds is 5. The van der Waals surface area contributed by atoms with Gasteiger partial charge in [-0.15, -0.1) is 0 Å². The predicted octanol–water partition coefficient (Wildman–Crippen LogP) is 2.41. The monoisotopic (exact) mass is 248 g/mol. The summed E-state index contributed by atoms with van der Waals surface area (Å²) in [6.45, 7) is 2.82. The Morgan fingerprint density at radius 1 is 1.33 bits per heavy atom. The maximum Gasteiger partial charge on any atom is 0.0749 e. The van der Waals surface area contributed by atoms with E-state index >= 15 is 0 Å². The lowest BCUT2D eigenvalue weighted by Gasteiger charge is -2.29. The van der Waals surface area contributed by atoms with Crippen molar-refractivity contribution in [1.29, 1.82) is 0 Å². The normalized spacial score (nSPS) is 19.8. The van der Waals surface area contributed by atoms with Crippen LogP contribution in [0.4, 0.5) is 5.69 Å². The van der Waals surface area contributed by atoms with Gasteiger partial charge in [-0.1, -0.05) is 18.2 Å². The first-order valence-corrected chi connectivity index (χ1v) is 6.86. The highest BCUT2D eigenvalue weighted by Gasteiger charge is 2.17. The molecule has 1 fully saturated rings. The predicted molar refractivity (Wildman–Crippen MR) is 76.1 cm³/mol. The minimum Gasteiger partial charge on any atom is -0.376 e. The SMILES string of the molecule is CNCc1ccccc1N(C)CC1CCCCO1. The molecule has 1 saturated heterocycles. The van der Waals surface area contributed by atoms with Crippen LogP contribution < -0.4 is 10.2 Å². The molecule has 0 spiro atoms. The minimum absolute atomic E-state index is 0.395.